The standard InChI is InChI=1S/C17H28BrNO2/c1-4-10-21-16-7-6-15(18)11-14(16)12-19-13-17(2,3)8-5-9-20/h6-7,11,19-20H,4-5,8-10,12-13H2,1-3H3. The van der Waals surface area contributed by atoms with Crippen LogP contribution in [0.25, 0.3) is 0 Å². The van der Waals surface area contributed by atoms with Gasteiger partial charge in [-0.05, 0) is 42.9 Å². The van der Waals surface area contributed by atoms with E-state index in [1.807, 2.05) is 12.1 Å². The Balaban J connectivity index is 2.55. The summed E-state index contributed by atoms with van der Waals surface area (Å²) >= 11 is 3.52. The Labute approximate surface area is 137 Å². The summed E-state index contributed by atoms with van der Waals surface area (Å²) in [6, 6.07) is 6.14. The van der Waals surface area contributed by atoms with E-state index >= 15 is 0 Å². The van der Waals surface area contributed by atoms with Crippen molar-refractivity contribution in [2.45, 2.75) is 46.6 Å². The van der Waals surface area contributed by atoms with Crippen LogP contribution in [0, 0.1) is 5.41 Å². The summed E-state index contributed by atoms with van der Waals surface area (Å²) in [5, 5.41) is 12.5. The molecule has 0 aliphatic heterocycles. The summed E-state index contributed by atoms with van der Waals surface area (Å²) in [6.45, 7) is 9.30. The second-order valence-corrected chi connectivity index (χ2v) is 7.11. The molecule has 0 aromatic heterocycles. The number of aliphatic hydroxyl groups is 1. The van der Waals surface area contributed by atoms with Crippen molar-refractivity contribution in [1.29, 1.82) is 0 Å². The highest BCUT2D eigenvalue weighted by Gasteiger charge is 2.17. The molecule has 0 spiro atoms. The summed E-state index contributed by atoms with van der Waals surface area (Å²) in [6.07, 6.45) is 2.89. The van der Waals surface area contributed by atoms with Gasteiger partial charge in [-0.2, -0.15) is 0 Å². The largest absolute Gasteiger partial charge is 0.493 e. The first-order valence-electron chi connectivity index (χ1n) is 7.71. The fraction of sp³-hybridized carbons (Fsp3) is 0.647. The molecule has 0 heterocycles. The van der Waals surface area contributed by atoms with E-state index in [9.17, 15) is 0 Å². The SMILES string of the molecule is CCCOc1ccc(Br)cc1CNCC(C)(C)CCCO. The molecule has 21 heavy (non-hydrogen) atoms. The van der Waals surface area contributed by atoms with Gasteiger partial charge in [-0.25, -0.2) is 0 Å². The lowest BCUT2D eigenvalue weighted by atomic mass is 9.88. The molecule has 1 aromatic rings. The van der Waals surface area contributed by atoms with Crippen LogP contribution in [0.3, 0.4) is 0 Å². The van der Waals surface area contributed by atoms with Crippen LogP contribution in [0.1, 0.15) is 45.6 Å². The molecule has 0 saturated carbocycles. The molecule has 0 radical (unpaired) electrons. The van der Waals surface area contributed by atoms with Crippen LogP contribution in [-0.4, -0.2) is 24.9 Å². The molecule has 3 nitrogen and oxygen atoms in total. The number of nitrogens with one attached hydrogen (secondary N) is 1. The molecule has 0 bridgehead atoms. The first-order chi connectivity index (χ1) is 9.98. The lowest BCUT2D eigenvalue weighted by molar-refractivity contribution is 0.236. The molecule has 0 fully saturated rings. The number of aliphatic hydroxyl groups excluding tert-OH is 1. The van der Waals surface area contributed by atoms with E-state index in [1.54, 1.807) is 0 Å². The fourth-order valence-electron chi connectivity index (χ4n) is 2.22. The number of rotatable bonds is 10. The topological polar surface area (TPSA) is 41.5 Å². The van der Waals surface area contributed by atoms with Gasteiger partial charge in [0, 0.05) is 29.7 Å². The van der Waals surface area contributed by atoms with Crippen LogP contribution in [0.2, 0.25) is 0 Å². The average molecular weight is 358 g/mol. The van der Waals surface area contributed by atoms with E-state index in [4.69, 9.17) is 9.84 Å². The molecule has 0 atom stereocenters. The minimum Gasteiger partial charge on any atom is -0.493 e. The Kier molecular flexibility index (Phi) is 8.30. The zero-order chi connectivity index (χ0) is 15.7. The third-order valence-corrected chi connectivity index (χ3v) is 3.91. The second-order valence-electron chi connectivity index (χ2n) is 6.20. The van der Waals surface area contributed by atoms with Gasteiger partial charge in [0.2, 0.25) is 0 Å². The van der Waals surface area contributed by atoms with Gasteiger partial charge in [0.05, 0.1) is 6.61 Å². The molecule has 0 aliphatic rings. The summed E-state index contributed by atoms with van der Waals surface area (Å²) in [4.78, 5) is 0. The Morgan fingerprint density at radius 1 is 1.33 bits per heavy atom. The predicted octanol–water partition coefficient (Wildman–Crippen LogP) is 4.13. The van der Waals surface area contributed by atoms with Crippen molar-refractivity contribution in [1.82, 2.24) is 5.32 Å². The first-order valence-corrected chi connectivity index (χ1v) is 8.50. The van der Waals surface area contributed by atoms with Crippen LogP contribution in [0.4, 0.5) is 0 Å². The van der Waals surface area contributed by atoms with Gasteiger partial charge in [0.15, 0.2) is 0 Å². The molecular formula is C17H28BrNO2. The molecule has 2 N–H and O–H groups in total. The summed E-state index contributed by atoms with van der Waals surface area (Å²) in [5.41, 5.74) is 1.37. The lowest BCUT2D eigenvalue weighted by Gasteiger charge is -2.25. The Hall–Kier alpha value is -0.580. The number of ether oxygens (including phenoxy) is 1. The highest BCUT2D eigenvalue weighted by molar-refractivity contribution is 9.10. The van der Waals surface area contributed by atoms with Gasteiger partial charge in [0.25, 0.3) is 0 Å². The summed E-state index contributed by atoms with van der Waals surface area (Å²) in [7, 11) is 0. The maximum Gasteiger partial charge on any atom is 0.123 e. The number of hydrogen-bond acceptors (Lipinski definition) is 3. The van der Waals surface area contributed by atoms with Crippen LogP contribution in [-0.2, 0) is 6.54 Å². The zero-order valence-electron chi connectivity index (χ0n) is 13.4. The van der Waals surface area contributed by atoms with Gasteiger partial charge in [-0.3, -0.25) is 0 Å². The maximum absolute atomic E-state index is 8.94. The van der Waals surface area contributed by atoms with E-state index in [0.29, 0.717) is 0 Å². The van der Waals surface area contributed by atoms with Crippen LogP contribution in [0.15, 0.2) is 22.7 Å². The van der Waals surface area contributed by atoms with Gasteiger partial charge in [-0.15, -0.1) is 0 Å². The number of halogens is 1. The van der Waals surface area contributed by atoms with Gasteiger partial charge in [0.1, 0.15) is 5.75 Å². The minimum atomic E-state index is 0.194. The Bertz CT molecular complexity index is 421. The molecule has 120 valence electrons. The molecule has 4 heteroatoms. The summed E-state index contributed by atoms with van der Waals surface area (Å²) in [5.74, 6) is 0.959. The Morgan fingerprint density at radius 2 is 2.10 bits per heavy atom. The van der Waals surface area contributed by atoms with E-state index in [1.165, 1.54) is 5.56 Å². The van der Waals surface area contributed by atoms with E-state index in [-0.39, 0.29) is 12.0 Å². The van der Waals surface area contributed by atoms with Crippen LogP contribution < -0.4 is 10.1 Å². The van der Waals surface area contributed by atoms with Crippen molar-refractivity contribution in [3.05, 3.63) is 28.2 Å². The maximum atomic E-state index is 8.94. The Morgan fingerprint density at radius 3 is 2.76 bits per heavy atom. The highest BCUT2D eigenvalue weighted by atomic mass is 79.9. The third kappa shape index (κ3) is 7.30. The third-order valence-electron chi connectivity index (χ3n) is 3.41. The number of benzene rings is 1. The quantitative estimate of drug-likeness (QED) is 0.661. The highest BCUT2D eigenvalue weighted by Crippen LogP contribution is 2.25. The minimum absolute atomic E-state index is 0.194. The van der Waals surface area contributed by atoms with Crippen molar-refractivity contribution >= 4 is 15.9 Å². The second kappa shape index (κ2) is 9.44. The first kappa shape index (κ1) is 18.5. The van der Waals surface area contributed by atoms with Crippen LogP contribution >= 0.6 is 15.9 Å². The fourth-order valence-corrected chi connectivity index (χ4v) is 2.63. The molecule has 0 amide bonds. The molecular weight excluding hydrogens is 330 g/mol. The van der Waals surface area contributed by atoms with E-state index in [2.05, 4.69) is 48.1 Å². The molecule has 1 aromatic carbocycles. The van der Waals surface area contributed by atoms with Crippen LogP contribution in [0.5, 0.6) is 5.75 Å². The van der Waals surface area contributed by atoms with E-state index < -0.39 is 0 Å². The smallest absolute Gasteiger partial charge is 0.123 e. The van der Waals surface area contributed by atoms with E-state index in [0.717, 1.165) is 49.2 Å². The lowest BCUT2D eigenvalue weighted by Crippen LogP contribution is -2.29. The molecule has 0 saturated heterocycles. The number of hydrogen-bond donors (Lipinski definition) is 2. The average Bonchev–Trinajstić information content (AvgIpc) is 2.44. The van der Waals surface area contributed by atoms with Crippen molar-refractivity contribution in [3.63, 3.8) is 0 Å². The molecule has 0 aliphatic carbocycles. The molecule has 1 rings (SSSR count). The van der Waals surface area contributed by atoms with Gasteiger partial charge >= 0.3 is 0 Å². The summed E-state index contributed by atoms with van der Waals surface area (Å²) < 4.78 is 6.87. The van der Waals surface area contributed by atoms with Crippen molar-refractivity contribution in [2.24, 2.45) is 5.41 Å². The monoisotopic (exact) mass is 357 g/mol. The molecule has 0 unspecified atom stereocenters. The van der Waals surface area contributed by atoms with Crippen molar-refractivity contribution < 1.29 is 9.84 Å². The van der Waals surface area contributed by atoms with Gasteiger partial charge in [-0.1, -0.05) is 36.7 Å². The van der Waals surface area contributed by atoms with Crippen molar-refractivity contribution in [2.75, 3.05) is 19.8 Å². The zero-order valence-corrected chi connectivity index (χ0v) is 15.0. The normalized spacial score (nSPS) is 11.7. The predicted molar refractivity (Wildman–Crippen MR) is 91.7 cm³/mol. The van der Waals surface area contributed by atoms with Gasteiger partial charge < -0.3 is 15.2 Å². The van der Waals surface area contributed by atoms with Crippen molar-refractivity contribution in [3.8, 4) is 5.75 Å².